The Bertz CT molecular complexity index is 1280. The largest absolute Gasteiger partial charge is 0.311 e. The van der Waals surface area contributed by atoms with Crippen molar-refractivity contribution in [3.05, 3.63) is 130 Å². The third kappa shape index (κ3) is 5.26. The zero-order chi connectivity index (χ0) is 23.3. The number of amides is 2. The molecule has 0 aliphatic carbocycles. The topological polar surface area (TPSA) is 58.5 Å². The highest BCUT2D eigenvalue weighted by atomic mass is 35.5. The van der Waals surface area contributed by atoms with Crippen LogP contribution in [0.5, 0.6) is 0 Å². The van der Waals surface area contributed by atoms with Gasteiger partial charge in [0.05, 0.1) is 0 Å². The van der Waals surface area contributed by atoms with E-state index in [1.54, 1.807) is 48.5 Å². The summed E-state index contributed by atoms with van der Waals surface area (Å²) in [4.78, 5) is 26.7. The van der Waals surface area contributed by atoms with E-state index in [4.69, 9.17) is 27.9 Å². The summed E-state index contributed by atoms with van der Waals surface area (Å²) in [5, 5.41) is 5.68. The number of nitrogens with zero attached hydrogens (tertiary/aromatic N) is 1. The summed E-state index contributed by atoms with van der Waals surface area (Å²) in [6.45, 7) is 0. The van der Waals surface area contributed by atoms with E-state index < -0.39 is 13.1 Å². The van der Waals surface area contributed by atoms with E-state index >= 15 is 0 Å². The Kier molecular flexibility index (Phi) is 7.10. The van der Waals surface area contributed by atoms with Crippen molar-refractivity contribution >= 4 is 52.8 Å². The van der Waals surface area contributed by atoms with Crippen molar-refractivity contribution in [1.29, 1.82) is 0 Å². The van der Waals surface area contributed by atoms with Crippen molar-refractivity contribution < 1.29 is 9.59 Å². The number of carbonyl (C=O) groups excluding carboxylic acids is 2. The SMILES string of the molecule is O=C(N=P(NC(=O)c1ccc(Cl)cc1)(c1ccccc1)c1ccccc1)c1ccc(Cl)cc1. The molecule has 0 spiro atoms. The van der Waals surface area contributed by atoms with E-state index in [9.17, 15) is 9.59 Å². The quantitative estimate of drug-likeness (QED) is 0.331. The fraction of sp³-hybridized carbons (Fsp3) is 0. The smallest absolute Gasteiger partial charge is 0.277 e. The Labute approximate surface area is 202 Å². The maximum atomic E-state index is 13.4. The first-order valence-corrected chi connectivity index (χ1v) is 12.6. The van der Waals surface area contributed by atoms with Crippen LogP contribution in [0.4, 0.5) is 0 Å². The molecule has 1 N–H and O–H groups in total. The lowest BCUT2D eigenvalue weighted by atomic mass is 10.2. The van der Waals surface area contributed by atoms with Crippen LogP contribution in [0.15, 0.2) is 114 Å². The molecule has 33 heavy (non-hydrogen) atoms. The molecule has 0 saturated heterocycles. The van der Waals surface area contributed by atoms with Gasteiger partial charge in [0.25, 0.3) is 11.8 Å². The van der Waals surface area contributed by atoms with E-state index in [1.807, 2.05) is 60.7 Å². The fourth-order valence-electron chi connectivity index (χ4n) is 3.31. The molecule has 0 atom stereocenters. The van der Waals surface area contributed by atoms with E-state index in [-0.39, 0.29) is 5.91 Å². The van der Waals surface area contributed by atoms with Gasteiger partial charge in [0.1, 0.15) is 7.21 Å². The van der Waals surface area contributed by atoms with Gasteiger partial charge in [-0.2, -0.15) is 4.74 Å². The molecule has 0 saturated carbocycles. The van der Waals surface area contributed by atoms with Gasteiger partial charge in [-0.3, -0.25) is 9.59 Å². The van der Waals surface area contributed by atoms with Crippen LogP contribution in [0.3, 0.4) is 0 Å². The van der Waals surface area contributed by atoms with Crippen molar-refractivity contribution in [1.82, 2.24) is 5.09 Å². The highest BCUT2D eigenvalue weighted by molar-refractivity contribution is 7.80. The van der Waals surface area contributed by atoms with Gasteiger partial charge in [-0.05, 0) is 48.5 Å². The zero-order valence-electron chi connectivity index (χ0n) is 17.4. The zero-order valence-corrected chi connectivity index (χ0v) is 19.8. The van der Waals surface area contributed by atoms with Crippen LogP contribution in [-0.4, -0.2) is 11.8 Å². The predicted molar refractivity (Wildman–Crippen MR) is 136 cm³/mol. The highest BCUT2D eigenvalue weighted by Crippen LogP contribution is 2.44. The van der Waals surface area contributed by atoms with E-state index in [2.05, 4.69) is 5.09 Å². The van der Waals surface area contributed by atoms with E-state index in [0.717, 1.165) is 10.6 Å². The maximum absolute atomic E-state index is 13.4. The summed E-state index contributed by atoms with van der Waals surface area (Å²) in [6.07, 6.45) is 0. The average Bonchev–Trinajstić information content (AvgIpc) is 2.85. The van der Waals surface area contributed by atoms with Crippen LogP contribution in [0.2, 0.25) is 10.0 Å². The monoisotopic (exact) mass is 492 g/mol. The number of halogens is 2. The van der Waals surface area contributed by atoms with Crippen LogP contribution in [-0.2, 0) is 0 Å². The van der Waals surface area contributed by atoms with E-state index in [1.165, 1.54) is 0 Å². The molecule has 7 heteroatoms. The summed E-state index contributed by atoms with van der Waals surface area (Å²) >= 11 is 12.0. The Balaban J connectivity index is 1.92. The molecule has 0 fully saturated rings. The van der Waals surface area contributed by atoms with Gasteiger partial charge in [0, 0.05) is 31.8 Å². The van der Waals surface area contributed by atoms with Gasteiger partial charge in [-0.25, -0.2) is 0 Å². The van der Waals surface area contributed by atoms with Crippen LogP contribution in [0.1, 0.15) is 20.7 Å². The first-order chi connectivity index (χ1) is 16.0. The van der Waals surface area contributed by atoms with Crippen molar-refractivity contribution in [2.75, 3.05) is 0 Å². The molecule has 4 nitrogen and oxygen atoms in total. The molecule has 0 aliphatic rings. The van der Waals surface area contributed by atoms with Crippen molar-refractivity contribution in [3.63, 3.8) is 0 Å². The molecule has 0 bridgehead atoms. The number of hydrogen-bond donors (Lipinski definition) is 1. The van der Waals surface area contributed by atoms with Crippen LogP contribution >= 0.6 is 30.4 Å². The van der Waals surface area contributed by atoms with Crippen LogP contribution in [0.25, 0.3) is 0 Å². The molecule has 4 aromatic rings. The number of carbonyl (C=O) groups is 2. The Hall–Kier alpha value is -3.17. The lowest BCUT2D eigenvalue weighted by molar-refractivity contribution is 0.0982. The number of benzene rings is 4. The second-order valence-electron chi connectivity index (χ2n) is 7.17. The lowest BCUT2D eigenvalue weighted by Crippen LogP contribution is -2.33. The molecule has 0 radical (unpaired) electrons. The lowest BCUT2D eigenvalue weighted by Gasteiger charge is -2.26. The molecule has 164 valence electrons. The summed E-state index contributed by atoms with van der Waals surface area (Å²) in [5.41, 5.74) is 0.807. The molecule has 4 aromatic carbocycles. The molecule has 2 amide bonds. The molecule has 0 unspecified atom stereocenters. The minimum absolute atomic E-state index is 0.347. The average molecular weight is 493 g/mol. The van der Waals surface area contributed by atoms with Gasteiger partial charge in [0.2, 0.25) is 0 Å². The number of rotatable bonds is 5. The summed E-state index contributed by atoms with van der Waals surface area (Å²) < 4.78 is 4.70. The van der Waals surface area contributed by atoms with Gasteiger partial charge < -0.3 is 5.09 Å². The molecule has 0 heterocycles. The number of hydrogen-bond acceptors (Lipinski definition) is 2. The van der Waals surface area contributed by atoms with Gasteiger partial charge in [-0.1, -0.05) is 83.9 Å². The third-order valence-corrected chi connectivity index (χ3v) is 8.56. The van der Waals surface area contributed by atoms with E-state index in [0.29, 0.717) is 21.2 Å². The number of nitrogens with one attached hydrogen (secondary N) is 1. The van der Waals surface area contributed by atoms with Crippen molar-refractivity contribution in [2.45, 2.75) is 0 Å². The van der Waals surface area contributed by atoms with Gasteiger partial charge in [-0.15, -0.1) is 0 Å². The third-order valence-electron chi connectivity index (χ3n) is 4.96. The second kappa shape index (κ2) is 10.2. The summed E-state index contributed by atoms with van der Waals surface area (Å²) in [5.74, 6) is -0.788. The fourth-order valence-corrected chi connectivity index (χ4v) is 6.41. The summed E-state index contributed by atoms with van der Waals surface area (Å²) in [7, 11) is -3.06. The molecular formula is C26H19Cl2N2O2P. The van der Waals surface area contributed by atoms with Crippen molar-refractivity contribution in [2.24, 2.45) is 4.74 Å². The molecular weight excluding hydrogens is 474 g/mol. The Morgan fingerprint density at radius 1 is 0.606 bits per heavy atom. The summed E-state index contributed by atoms with van der Waals surface area (Å²) in [6, 6.07) is 31.8. The standard InChI is InChI=1S/C26H19Cl2N2O2P/c27-21-15-11-19(12-16-21)25(31)29-33(23-7-3-1-4-8-23,24-9-5-2-6-10-24)30-26(32)20-13-17-22(28)18-14-20/h1-18H,(H,29,31). The van der Waals surface area contributed by atoms with Crippen molar-refractivity contribution in [3.8, 4) is 0 Å². The first kappa shape index (κ1) is 23.0. The highest BCUT2D eigenvalue weighted by Gasteiger charge is 2.29. The van der Waals surface area contributed by atoms with Gasteiger partial charge >= 0.3 is 0 Å². The normalized spacial score (nSPS) is 11.0. The minimum Gasteiger partial charge on any atom is -0.311 e. The van der Waals surface area contributed by atoms with Crippen LogP contribution in [0, 0.1) is 0 Å². The van der Waals surface area contributed by atoms with Gasteiger partial charge in [0.15, 0.2) is 0 Å². The minimum atomic E-state index is -3.06. The second-order valence-corrected chi connectivity index (χ2v) is 10.8. The molecule has 0 aromatic heterocycles. The molecule has 0 aliphatic heterocycles. The van der Waals surface area contributed by atoms with Crippen LogP contribution < -0.4 is 15.7 Å². The Morgan fingerprint density at radius 3 is 1.48 bits per heavy atom. The Morgan fingerprint density at radius 2 is 1.03 bits per heavy atom. The maximum Gasteiger partial charge on any atom is 0.277 e. The predicted octanol–water partition coefficient (Wildman–Crippen LogP) is 6.33. The first-order valence-electron chi connectivity index (χ1n) is 10.1. The molecule has 4 rings (SSSR count).